The average Bonchev–Trinajstić information content (AvgIpc) is 2.76. The molecule has 0 unspecified atom stereocenters. The van der Waals surface area contributed by atoms with Gasteiger partial charge in [-0.3, -0.25) is 14.7 Å². The number of aromatic nitrogens is 3. The maximum Gasteiger partial charge on any atom is 0.255 e. The van der Waals surface area contributed by atoms with Gasteiger partial charge in [-0.05, 0) is 48.5 Å². The van der Waals surface area contributed by atoms with E-state index in [4.69, 9.17) is 0 Å². The van der Waals surface area contributed by atoms with Crippen molar-refractivity contribution in [2.24, 2.45) is 0 Å². The highest BCUT2D eigenvalue weighted by Gasteiger charge is 2.15. The van der Waals surface area contributed by atoms with Gasteiger partial charge < -0.3 is 5.32 Å². The Bertz CT molecular complexity index is 1020. The van der Waals surface area contributed by atoms with Gasteiger partial charge in [-0.25, -0.2) is 9.97 Å². The molecule has 0 radical (unpaired) electrons. The fraction of sp³-hybridized carbons (Fsp3) is 0. The molecule has 2 aromatic heterocycles. The summed E-state index contributed by atoms with van der Waals surface area (Å²) in [6.45, 7) is 0. The number of nitrogens with one attached hydrogen (secondary N) is 1. The van der Waals surface area contributed by atoms with E-state index in [9.17, 15) is 4.79 Å². The van der Waals surface area contributed by atoms with E-state index in [0.29, 0.717) is 17.2 Å². The first kappa shape index (κ1) is 17.4. The predicted molar refractivity (Wildman–Crippen MR) is 109 cm³/mol. The summed E-state index contributed by atoms with van der Waals surface area (Å²) < 4.78 is 0. The molecule has 0 aliphatic heterocycles. The van der Waals surface area contributed by atoms with Gasteiger partial charge in [0.1, 0.15) is 0 Å². The van der Waals surface area contributed by atoms with Gasteiger partial charge in [0, 0.05) is 36.0 Å². The number of hydrogen-bond acceptors (Lipinski definition) is 5. The van der Waals surface area contributed by atoms with Crippen LogP contribution in [0.1, 0.15) is 10.4 Å². The van der Waals surface area contributed by atoms with Gasteiger partial charge in [0.05, 0.1) is 11.4 Å². The standard InChI is InChI=1S/C22H17N5O/c28-21(17-6-2-1-3-7-17)26-18-8-4-9-20(16-18)27(19-10-14-23-15-11-19)22-24-12-5-13-25-22/h1-16H,(H,26,28). The number of anilines is 4. The lowest BCUT2D eigenvalue weighted by Crippen LogP contribution is -2.15. The zero-order valence-electron chi connectivity index (χ0n) is 14.9. The lowest BCUT2D eigenvalue weighted by molar-refractivity contribution is 0.102. The van der Waals surface area contributed by atoms with Gasteiger partial charge in [-0.1, -0.05) is 24.3 Å². The first-order valence-electron chi connectivity index (χ1n) is 8.75. The van der Waals surface area contributed by atoms with Crippen molar-refractivity contribution in [2.45, 2.75) is 0 Å². The quantitative estimate of drug-likeness (QED) is 0.558. The second-order valence-electron chi connectivity index (χ2n) is 5.96. The molecule has 0 atom stereocenters. The summed E-state index contributed by atoms with van der Waals surface area (Å²) in [5, 5.41) is 2.94. The zero-order valence-corrected chi connectivity index (χ0v) is 14.9. The molecule has 0 spiro atoms. The number of hydrogen-bond donors (Lipinski definition) is 1. The molecule has 0 saturated carbocycles. The SMILES string of the molecule is O=C(Nc1cccc(N(c2ccncc2)c2ncccn2)c1)c1ccccc1. The van der Waals surface area contributed by atoms with Gasteiger partial charge >= 0.3 is 0 Å². The van der Waals surface area contributed by atoms with E-state index in [1.54, 1.807) is 43.0 Å². The number of benzene rings is 2. The third-order valence-electron chi connectivity index (χ3n) is 4.07. The molecule has 2 heterocycles. The second-order valence-corrected chi connectivity index (χ2v) is 5.96. The number of carbonyl (C=O) groups excluding carboxylic acids is 1. The van der Waals surface area contributed by atoms with Crippen molar-refractivity contribution in [2.75, 3.05) is 10.2 Å². The molecule has 136 valence electrons. The van der Waals surface area contributed by atoms with E-state index in [1.165, 1.54) is 0 Å². The van der Waals surface area contributed by atoms with E-state index in [1.807, 2.05) is 59.5 Å². The lowest BCUT2D eigenvalue weighted by atomic mass is 10.2. The summed E-state index contributed by atoms with van der Waals surface area (Å²) in [6.07, 6.45) is 6.81. The molecular formula is C22H17N5O. The summed E-state index contributed by atoms with van der Waals surface area (Å²) >= 11 is 0. The van der Waals surface area contributed by atoms with Crippen molar-refractivity contribution in [1.29, 1.82) is 0 Å². The van der Waals surface area contributed by atoms with Crippen LogP contribution in [-0.4, -0.2) is 20.9 Å². The van der Waals surface area contributed by atoms with Crippen LogP contribution in [0, 0.1) is 0 Å². The Hall–Kier alpha value is -4.06. The summed E-state index contributed by atoms with van der Waals surface area (Å²) in [7, 11) is 0. The lowest BCUT2D eigenvalue weighted by Gasteiger charge is -2.23. The minimum Gasteiger partial charge on any atom is -0.322 e. The molecule has 28 heavy (non-hydrogen) atoms. The van der Waals surface area contributed by atoms with Gasteiger partial charge in [0.25, 0.3) is 5.91 Å². The second kappa shape index (κ2) is 8.09. The molecule has 6 nitrogen and oxygen atoms in total. The van der Waals surface area contributed by atoms with Gasteiger partial charge in [0.15, 0.2) is 0 Å². The van der Waals surface area contributed by atoms with Crippen molar-refractivity contribution < 1.29 is 4.79 Å². The molecule has 0 aliphatic carbocycles. The summed E-state index contributed by atoms with van der Waals surface area (Å²) in [4.78, 5) is 27.2. The van der Waals surface area contributed by atoms with Crippen LogP contribution in [0.4, 0.5) is 23.0 Å². The fourth-order valence-corrected chi connectivity index (χ4v) is 2.80. The van der Waals surface area contributed by atoms with Crippen molar-refractivity contribution in [3.05, 3.63) is 103 Å². The number of rotatable bonds is 5. The Morgan fingerprint density at radius 3 is 2.25 bits per heavy atom. The number of pyridine rings is 1. The third-order valence-corrected chi connectivity index (χ3v) is 4.07. The molecule has 0 bridgehead atoms. The van der Waals surface area contributed by atoms with E-state index < -0.39 is 0 Å². The molecule has 0 aliphatic rings. The van der Waals surface area contributed by atoms with Gasteiger partial charge in [0.2, 0.25) is 5.95 Å². The predicted octanol–water partition coefficient (Wildman–Crippen LogP) is 4.59. The van der Waals surface area contributed by atoms with Crippen molar-refractivity contribution in [3.63, 3.8) is 0 Å². The van der Waals surface area contributed by atoms with Crippen LogP contribution in [0.2, 0.25) is 0 Å². The van der Waals surface area contributed by atoms with Crippen molar-refractivity contribution >= 4 is 28.9 Å². The van der Waals surface area contributed by atoms with Crippen LogP contribution >= 0.6 is 0 Å². The van der Waals surface area contributed by atoms with Crippen LogP contribution in [0.5, 0.6) is 0 Å². The minimum absolute atomic E-state index is 0.163. The van der Waals surface area contributed by atoms with Crippen molar-refractivity contribution in [3.8, 4) is 0 Å². The van der Waals surface area contributed by atoms with Crippen molar-refractivity contribution in [1.82, 2.24) is 15.0 Å². The molecule has 1 N–H and O–H groups in total. The highest BCUT2D eigenvalue weighted by molar-refractivity contribution is 6.04. The highest BCUT2D eigenvalue weighted by atomic mass is 16.1. The van der Waals surface area contributed by atoms with E-state index in [-0.39, 0.29) is 5.91 Å². The van der Waals surface area contributed by atoms with E-state index >= 15 is 0 Å². The minimum atomic E-state index is -0.163. The Morgan fingerprint density at radius 1 is 0.750 bits per heavy atom. The van der Waals surface area contributed by atoms with E-state index in [0.717, 1.165) is 11.4 Å². The molecule has 4 aromatic rings. The average molecular weight is 367 g/mol. The Balaban J connectivity index is 1.68. The Morgan fingerprint density at radius 2 is 1.50 bits per heavy atom. The number of nitrogens with zero attached hydrogens (tertiary/aromatic N) is 4. The summed E-state index contributed by atoms with van der Waals surface area (Å²) in [5.41, 5.74) is 2.97. The van der Waals surface area contributed by atoms with Crippen LogP contribution in [-0.2, 0) is 0 Å². The number of amides is 1. The maximum absolute atomic E-state index is 12.5. The topological polar surface area (TPSA) is 71.0 Å². The van der Waals surface area contributed by atoms with E-state index in [2.05, 4.69) is 20.3 Å². The highest BCUT2D eigenvalue weighted by Crippen LogP contribution is 2.32. The molecule has 0 fully saturated rings. The smallest absolute Gasteiger partial charge is 0.255 e. The largest absolute Gasteiger partial charge is 0.322 e. The normalized spacial score (nSPS) is 10.3. The third kappa shape index (κ3) is 3.86. The van der Waals surface area contributed by atoms with Crippen LogP contribution in [0.3, 0.4) is 0 Å². The van der Waals surface area contributed by atoms with Gasteiger partial charge in [-0.2, -0.15) is 0 Å². The molecule has 1 amide bonds. The first-order chi connectivity index (χ1) is 13.8. The van der Waals surface area contributed by atoms with Gasteiger partial charge in [-0.15, -0.1) is 0 Å². The molecular weight excluding hydrogens is 350 g/mol. The fourth-order valence-electron chi connectivity index (χ4n) is 2.80. The Labute approximate surface area is 162 Å². The monoisotopic (exact) mass is 367 g/mol. The van der Waals surface area contributed by atoms with Crippen LogP contribution in [0.15, 0.2) is 97.6 Å². The summed E-state index contributed by atoms with van der Waals surface area (Å²) in [6, 6.07) is 22.2. The molecule has 4 rings (SSSR count). The zero-order chi connectivity index (χ0) is 19.2. The maximum atomic E-state index is 12.5. The number of carbonyl (C=O) groups is 1. The summed E-state index contributed by atoms with van der Waals surface area (Å²) in [5.74, 6) is 0.365. The molecule has 6 heteroatoms. The van der Waals surface area contributed by atoms with Crippen LogP contribution < -0.4 is 10.2 Å². The first-order valence-corrected chi connectivity index (χ1v) is 8.75. The molecule has 0 saturated heterocycles. The Kier molecular flexibility index (Phi) is 5.02. The molecule has 2 aromatic carbocycles. The van der Waals surface area contributed by atoms with Crippen LogP contribution in [0.25, 0.3) is 0 Å².